The number of carbonyl (C=O) groups is 2. The number of halogens is 3. The first-order chi connectivity index (χ1) is 15.7. The predicted molar refractivity (Wildman–Crippen MR) is 128 cm³/mol. The number of alkyl halides is 3. The largest absolute Gasteiger partial charge is 0.497 e. The molecule has 1 saturated heterocycles. The molecule has 2 aromatic rings. The van der Waals surface area contributed by atoms with Crippen molar-refractivity contribution in [2.24, 2.45) is 0 Å². The van der Waals surface area contributed by atoms with Gasteiger partial charge in [0.2, 0.25) is 5.12 Å². The average molecular weight is 492 g/mol. The molecule has 1 aliphatic carbocycles. The van der Waals surface area contributed by atoms with E-state index in [9.17, 15) is 22.8 Å². The molecule has 0 bridgehead atoms. The van der Waals surface area contributed by atoms with Crippen molar-refractivity contribution in [3.63, 3.8) is 0 Å². The summed E-state index contributed by atoms with van der Waals surface area (Å²) in [5.41, 5.74) is 0.240. The number of amides is 1. The van der Waals surface area contributed by atoms with Gasteiger partial charge in [-0.2, -0.15) is 13.2 Å². The fourth-order valence-corrected chi connectivity index (χ4v) is 5.75. The van der Waals surface area contributed by atoms with Crippen LogP contribution in [0.3, 0.4) is 0 Å². The Kier molecular flexibility index (Phi) is 6.03. The summed E-state index contributed by atoms with van der Waals surface area (Å²) in [7, 11) is 1.51. The highest BCUT2D eigenvalue weighted by molar-refractivity contribution is 8.27. The fraction of sp³-hybridized carbons (Fsp3) is 0.462. The molecule has 4 nitrogen and oxygen atoms in total. The van der Waals surface area contributed by atoms with Gasteiger partial charge in [0.25, 0.3) is 5.24 Å². The summed E-state index contributed by atoms with van der Waals surface area (Å²) in [6.07, 6.45) is -3.01. The van der Waals surface area contributed by atoms with Crippen molar-refractivity contribution in [1.82, 2.24) is 0 Å². The van der Waals surface area contributed by atoms with Crippen LogP contribution in [0.15, 0.2) is 36.4 Å². The summed E-state index contributed by atoms with van der Waals surface area (Å²) >= 11 is 0.467. The van der Waals surface area contributed by atoms with E-state index in [1.807, 2.05) is 27.7 Å². The van der Waals surface area contributed by atoms with Crippen molar-refractivity contribution in [1.29, 1.82) is 0 Å². The molecular weight excluding hydrogens is 463 g/mol. The lowest BCUT2D eigenvalue weighted by Crippen LogP contribution is -2.40. The minimum Gasteiger partial charge on any atom is -0.497 e. The maximum atomic E-state index is 14.3. The lowest BCUT2D eigenvalue weighted by Gasteiger charge is -2.43. The van der Waals surface area contributed by atoms with Crippen LogP contribution in [0.2, 0.25) is 0 Å². The predicted octanol–water partition coefficient (Wildman–Crippen LogP) is 6.87. The third kappa shape index (κ3) is 4.32. The zero-order valence-corrected chi connectivity index (χ0v) is 20.7. The van der Waals surface area contributed by atoms with E-state index >= 15 is 0 Å². The molecule has 2 aromatic carbocycles. The molecular formula is C26H28F3NO3S. The minimum absolute atomic E-state index is 0.0953. The standard InChI is InChI=1S/C26H28F3NO3S/c1-24(2)9-10-25(3,4)18-14-20(19(13-17(18)24)26(27,28)29)30-21(22(31)34-23(30)32)12-15-7-6-8-16(11-15)33-5/h6-8,11,13-14,21H,9-10,12H2,1-5H3. The summed E-state index contributed by atoms with van der Waals surface area (Å²) in [5, 5.41) is -1.14. The fourth-order valence-electron chi connectivity index (χ4n) is 4.93. The van der Waals surface area contributed by atoms with Crippen molar-refractivity contribution < 1.29 is 27.5 Å². The first-order valence-corrected chi connectivity index (χ1v) is 12.0. The van der Waals surface area contributed by atoms with Gasteiger partial charge in [-0.3, -0.25) is 14.5 Å². The highest BCUT2D eigenvalue weighted by Gasteiger charge is 2.47. The first kappa shape index (κ1) is 24.6. The second-order valence-corrected chi connectivity index (χ2v) is 11.3. The maximum absolute atomic E-state index is 14.3. The van der Waals surface area contributed by atoms with Gasteiger partial charge in [-0.25, -0.2) is 0 Å². The molecule has 34 heavy (non-hydrogen) atoms. The van der Waals surface area contributed by atoms with Crippen LogP contribution in [0, 0.1) is 0 Å². The minimum atomic E-state index is -4.68. The van der Waals surface area contributed by atoms with Crippen molar-refractivity contribution in [2.75, 3.05) is 12.0 Å². The number of anilines is 1. The molecule has 4 rings (SSSR count). The number of hydrogen-bond donors (Lipinski definition) is 0. The smallest absolute Gasteiger partial charge is 0.418 e. The van der Waals surface area contributed by atoms with E-state index in [2.05, 4.69) is 0 Å². The van der Waals surface area contributed by atoms with Gasteiger partial charge in [-0.15, -0.1) is 0 Å². The Morgan fingerprint density at radius 1 is 1.03 bits per heavy atom. The van der Waals surface area contributed by atoms with Crippen molar-refractivity contribution >= 4 is 27.8 Å². The SMILES string of the molecule is COc1cccc(CC2C(=O)SC(=O)N2c2cc3c(cc2C(F)(F)F)C(C)(C)CCC3(C)C)c1. The molecule has 1 fully saturated rings. The quantitative estimate of drug-likeness (QED) is 0.468. The number of benzene rings is 2. The molecule has 182 valence electrons. The van der Waals surface area contributed by atoms with Crippen LogP contribution in [0.5, 0.6) is 5.75 Å². The highest BCUT2D eigenvalue weighted by Crippen LogP contribution is 2.51. The van der Waals surface area contributed by atoms with Gasteiger partial charge >= 0.3 is 6.18 Å². The Morgan fingerprint density at radius 3 is 2.24 bits per heavy atom. The summed E-state index contributed by atoms with van der Waals surface area (Å²) in [6, 6.07) is 8.66. The molecule has 1 unspecified atom stereocenters. The molecule has 2 aliphatic rings. The summed E-state index contributed by atoms with van der Waals surface area (Å²) < 4.78 is 48.3. The Morgan fingerprint density at radius 2 is 1.65 bits per heavy atom. The molecule has 1 atom stereocenters. The van der Waals surface area contributed by atoms with E-state index in [-0.39, 0.29) is 17.5 Å². The monoisotopic (exact) mass is 491 g/mol. The zero-order chi connectivity index (χ0) is 25.1. The Hall–Kier alpha value is -2.48. The summed E-state index contributed by atoms with van der Waals surface area (Å²) in [4.78, 5) is 26.8. The third-order valence-electron chi connectivity index (χ3n) is 7.07. The molecule has 0 aromatic heterocycles. The Balaban J connectivity index is 1.88. The summed E-state index contributed by atoms with van der Waals surface area (Å²) in [6.45, 7) is 7.93. The van der Waals surface area contributed by atoms with Crippen LogP contribution in [0.4, 0.5) is 23.7 Å². The van der Waals surface area contributed by atoms with E-state index in [1.165, 1.54) is 19.2 Å². The van der Waals surface area contributed by atoms with E-state index in [1.54, 1.807) is 24.3 Å². The van der Waals surface area contributed by atoms with Crippen LogP contribution in [0.1, 0.15) is 62.8 Å². The molecule has 8 heteroatoms. The van der Waals surface area contributed by atoms with E-state index in [4.69, 9.17) is 4.74 Å². The van der Waals surface area contributed by atoms with Crippen molar-refractivity contribution in [3.05, 3.63) is 58.7 Å². The van der Waals surface area contributed by atoms with Crippen LogP contribution < -0.4 is 9.64 Å². The van der Waals surface area contributed by atoms with Crippen LogP contribution in [-0.2, 0) is 28.2 Å². The number of fused-ring (bicyclic) bond motifs is 1. The lowest BCUT2D eigenvalue weighted by molar-refractivity contribution is -0.137. The van der Waals surface area contributed by atoms with Gasteiger partial charge in [0, 0.05) is 18.2 Å². The second-order valence-electron chi connectivity index (χ2n) is 10.3. The van der Waals surface area contributed by atoms with E-state index in [0.29, 0.717) is 28.6 Å². The Bertz CT molecular complexity index is 1160. The van der Waals surface area contributed by atoms with Gasteiger partial charge in [0.15, 0.2) is 0 Å². The Labute approximate surface area is 201 Å². The van der Waals surface area contributed by atoms with Gasteiger partial charge in [0.1, 0.15) is 11.8 Å². The van der Waals surface area contributed by atoms with Crippen molar-refractivity contribution in [3.8, 4) is 5.75 Å². The maximum Gasteiger partial charge on any atom is 0.418 e. The number of rotatable bonds is 4. The van der Waals surface area contributed by atoms with Crippen LogP contribution >= 0.6 is 11.8 Å². The van der Waals surface area contributed by atoms with Gasteiger partial charge in [0.05, 0.1) is 18.4 Å². The lowest BCUT2D eigenvalue weighted by atomic mass is 9.62. The van der Waals surface area contributed by atoms with Crippen molar-refractivity contribution in [2.45, 2.75) is 70.0 Å². The van der Waals surface area contributed by atoms with Gasteiger partial charge in [-0.1, -0.05) is 39.8 Å². The summed E-state index contributed by atoms with van der Waals surface area (Å²) in [5.74, 6) is 0.571. The molecule has 1 heterocycles. The molecule has 0 saturated carbocycles. The number of ether oxygens (including phenoxy) is 1. The zero-order valence-electron chi connectivity index (χ0n) is 19.9. The number of methoxy groups -OCH3 is 1. The van der Waals surface area contributed by atoms with Crippen LogP contribution in [-0.4, -0.2) is 23.5 Å². The van der Waals surface area contributed by atoms with E-state index in [0.717, 1.165) is 23.3 Å². The number of hydrogen-bond acceptors (Lipinski definition) is 4. The topological polar surface area (TPSA) is 46.6 Å². The highest BCUT2D eigenvalue weighted by atomic mass is 32.2. The third-order valence-corrected chi connectivity index (χ3v) is 7.91. The normalized spacial score (nSPS) is 21.5. The molecule has 0 N–H and O–H groups in total. The van der Waals surface area contributed by atoms with Gasteiger partial charge in [-0.05, 0) is 64.6 Å². The van der Waals surface area contributed by atoms with E-state index < -0.39 is 33.6 Å². The first-order valence-electron chi connectivity index (χ1n) is 11.2. The average Bonchev–Trinajstić information content (AvgIpc) is 3.03. The van der Waals surface area contributed by atoms with Gasteiger partial charge < -0.3 is 4.74 Å². The number of carbonyl (C=O) groups excluding carboxylic acids is 2. The molecule has 0 radical (unpaired) electrons. The number of nitrogens with zero attached hydrogens (tertiary/aromatic N) is 1. The molecule has 1 amide bonds. The number of thioether (sulfide) groups is 1. The van der Waals surface area contributed by atoms with Crippen LogP contribution in [0.25, 0.3) is 0 Å². The second kappa shape index (κ2) is 8.33. The molecule has 1 aliphatic heterocycles. The molecule has 0 spiro atoms.